The molecule has 0 aliphatic carbocycles. The Hall–Kier alpha value is -3.01. The number of hydrogen-bond acceptors (Lipinski definition) is 4. The summed E-state index contributed by atoms with van der Waals surface area (Å²) >= 11 is 0. The van der Waals surface area contributed by atoms with E-state index in [2.05, 4.69) is 5.32 Å². The number of sulfonamides is 1. The smallest absolute Gasteiger partial charge is 0.253 e. The van der Waals surface area contributed by atoms with E-state index in [0.717, 1.165) is 28.8 Å². The molecule has 0 saturated heterocycles. The van der Waals surface area contributed by atoms with Crippen molar-refractivity contribution in [2.75, 3.05) is 36.5 Å². The zero-order valence-corrected chi connectivity index (χ0v) is 16.3. The van der Waals surface area contributed by atoms with Crippen LogP contribution in [0.25, 0.3) is 0 Å². The zero-order valence-electron chi connectivity index (χ0n) is 15.4. The molecule has 2 aromatic rings. The first-order valence-corrected chi connectivity index (χ1v) is 9.88. The molecule has 0 radical (unpaired) electrons. The SMILES string of the molecule is CN(C)C(=O)c1ccc(N(CC(=O)Nc2ccc(F)c(F)c2)S(C)(=O)=O)cc1. The van der Waals surface area contributed by atoms with E-state index in [1.807, 2.05) is 0 Å². The van der Waals surface area contributed by atoms with Crippen LogP contribution in [0.3, 0.4) is 0 Å². The van der Waals surface area contributed by atoms with Gasteiger partial charge in [0, 0.05) is 31.4 Å². The number of anilines is 2. The Morgan fingerprint density at radius 3 is 2.11 bits per heavy atom. The number of carbonyl (C=O) groups excluding carboxylic acids is 2. The normalized spacial score (nSPS) is 11.0. The molecule has 0 saturated carbocycles. The minimum atomic E-state index is -3.83. The number of carbonyl (C=O) groups is 2. The number of nitrogens with zero attached hydrogens (tertiary/aromatic N) is 2. The maximum absolute atomic E-state index is 13.2. The monoisotopic (exact) mass is 411 g/mol. The fraction of sp³-hybridized carbons (Fsp3) is 0.222. The van der Waals surface area contributed by atoms with Gasteiger partial charge in [-0.3, -0.25) is 13.9 Å². The van der Waals surface area contributed by atoms with Gasteiger partial charge in [0.2, 0.25) is 15.9 Å². The molecule has 0 bridgehead atoms. The molecule has 0 spiro atoms. The molecule has 0 fully saturated rings. The average molecular weight is 411 g/mol. The van der Waals surface area contributed by atoms with E-state index in [1.54, 1.807) is 14.1 Å². The summed E-state index contributed by atoms with van der Waals surface area (Å²) in [6.45, 7) is -0.585. The lowest BCUT2D eigenvalue weighted by Gasteiger charge is -2.22. The van der Waals surface area contributed by atoms with Gasteiger partial charge in [-0.25, -0.2) is 17.2 Å². The highest BCUT2D eigenvalue weighted by molar-refractivity contribution is 7.92. The highest BCUT2D eigenvalue weighted by Gasteiger charge is 2.21. The molecule has 2 aromatic carbocycles. The van der Waals surface area contributed by atoms with Crippen LogP contribution in [-0.2, 0) is 14.8 Å². The van der Waals surface area contributed by atoms with Gasteiger partial charge in [0.15, 0.2) is 11.6 Å². The maximum Gasteiger partial charge on any atom is 0.253 e. The van der Waals surface area contributed by atoms with Crippen LogP contribution in [0.1, 0.15) is 10.4 Å². The van der Waals surface area contributed by atoms with Crippen LogP contribution in [0.2, 0.25) is 0 Å². The third-order valence-corrected chi connectivity index (χ3v) is 4.84. The number of hydrogen-bond donors (Lipinski definition) is 1. The Balaban J connectivity index is 2.21. The van der Waals surface area contributed by atoms with E-state index in [1.165, 1.54) is 29.2 Å². The van der Waals surface area contributed by atoms with Gasteiger partial charge < -0.3 is 10.2 Å². The van der Waals surface area contributed by atoms with Gasteiger partial charge in [-0.15, -0.1) is 0 Å². The standard InChI is InChI=1S/C18H19F2N3O4S/c1-22(2)18(25)12-4-7-14(8-5-12)23(28(3,26)27)11-17(24)21-13-6-9-15(19)16(20)10-13/h4-10H,11H2,1-3H3,(H,21,24). The predicted molar refractivity (Wildman–Crippen MR) is 102 cm³/mol. The second kappa shape index (κ2) is 8.34. The largest absolute Gasteiger partial charge is 0.345 e. The van der Waals surface area contributed by atoms with Gasteiger partial charge in [0.25, 0.3) is 5.91 Å². The Morgan fingerprint density at radius 2 is 1.61 bits per heavy atom. The van der Waals surface area contributed by atoms with Crippen LogP contribution >= 0.6 is 0 Å². The Morgan fingerprint density at radius 1 is 1.00 bits per heavy atom. The van der Waals surface area contributed by atoms with Crippen molar-refractivity contribution in [3.05, 3.63) is 59.7 Å². The van der Waals surface area contributed by atoms with Crippen LogP contribution in [0.15, 0.2) is 42.5 Å². The van der Waals surface area contributed by atoms with Crippen molar-refractivity contribution in [3.63, 3.8) is 0 Å². The summed E-state index contributed by atoms with van der Waals surface area (Å²) in [5.74, 6) is -3.21. The van der Waals surface area contributed by atoms with Crippen molar-refractivity contribution >= 4 is 33.2 Å². The lowest BCUT2D eigenvalue weighted by atomic mass is 10.2. The van der Waals surface area contributed by atoms with E-state index in [4.69, 9.17) is 0 Å². The van der Waals surface area contributed by atoms with Crippen molar-refractivity contribution in [3.8, 4) is 0 Å². The summed E-state index contributed by atoms with van der Waals surface area (Å²) in [5.41, 5.74) is 0.524. The fourth-order valence-corrected chi connectivity index (χ4v) is 3.19. The summed E-state index contributed by atoms with van der Waals surface area (Å²) in [4.78, 5) is 25.5. The summed E-state index contributed by atoms with van der Waals surface area (Å²) < 4.78 is 51.3. The van der Waals surface area contributed by atoms with Crippen molar-refractivity contribution in [2.45, 2.75) is 0 Å². The molecular weight excluding hydrogens is 392 g/mol. The van der Waals surface area contributed by atoms with Gasteiger partial charge in [0.1, 0.15) is 6.54 Å². The van der Waals surface area contributed by atoms with Crippen LogP contribution in [0.4, 0.5) is 20.2 Å². The second-order valence-electron chi connectivity index (χ2n) is 6.19. The maximum atomic E-state index is 13.2. The molecular formula is C18H19F2N3O4S. The van der Waals surface area contributed by atoms with Crippen LogP contribution < -0.4 is 9.62 Å². The van der Waals surface area contributed by atoms with Crippen molar-refractivity contribution in [1.82, 2.24) is 4.90 Å². The molecule has 7 nitrogen and oxygen atoms in total. The fourth-order valence-electron chi connectivity index (χ4n) is 2.33. The van der Waals surface area contributed by atoms with E-state index < -0.39 is 34.1 Å². The van der Waals surface area contributed by atoms with Crippen LogP contribution in [0.5, 0.6) is 0 Å². The summed E-state index contributed by atoms with van der Waals surface area (Å²) in [7, 11) is -0.657. The Kier molecular flexibility index (Phi) is 6.34. The van der Waals surface area contributed by atoms with Crippen molar-refractivity contribution in [2.24, 2.45) is 0 Å². The number of halogens is 2. The first-order chi connectivity index (χ1) is 13.0. The molecule has 0 unspecified atom stereocenters. The Labute approximate surface area is 161 Å². The molecule has 0 atom stereocenters. The average Bonchev–Trinajstić information content (AvgIpc) is 2.61. The third-order valence-electron chi connectivity index (χ3n) is 3.70. The lowest BCUT2D eigenvalue weighted by molar-refractivity contribution is -0.114. The van der Waals surface area contributed by atoms with Crippen molar-refractivity contribution in [1.29, 1.82) is 0 Å². The molecule has 0 aliphatic heterocycles. The minimum Gasteiger partial charge on any atom is -0.345 e. The number of benzene rings is 2. The van der Waals surface area contributed by atoms with Gasteiger partial charge in [0.05, 0.1) is 11.9 Å². The topological polar surface area (TPSA) is 86.8 Å². The number of rotatable bonds is 6. The van der Waals surface area contributed by atoms with Crippen LogP contribution in [0, 0.1) is 11.6 Å². The third kappa shape index (κ3) is 5.26. The first-order valence-electron chi connectivity index (χ1n) is 8.03. The lowest BCUT2D eigenvalue weighted by Crippen LogP contribution is -2.37. The van der Waals surface area contributed by atoms with Gasteiger partial charge >= 0.3 is 0 Å². The van der Waals surface area contributed by atoms with Gasteiger partial charge in [-0.05, 0) is 36.4 Å². The quantitative estimate of drug-likeness (QED) is 0.789. The van der Waals surface area contributed by atoms with Crippen molar-refractivity contribution < 1.29 is 26.8 Å². The second-order valence-corrected chi connectivity index (χ2v) is 8.10. The molecule has 0 aromatic heterocycles. The van der Waals surface area contributed by atoms with Gasteiger partial charge in [-0.1, -0.05) is 0 Å². The molecule has 10 heteroatoms. The molecule has 28 heavy (non-hydrogen) atoms. The molecule has 150 valence electrons. The summed E-state index contributed by atoms with van der Waals surface area (Å²) in [6, 6.07) is 8.50. The molecule has 1 N–H and O–H groups in total. The molecule has 0 heterocycles. The highest BCUT2D eigenvalue weighted by Crippen LogP contribution is 2.19. The number of amides is 2. The predicted octanol–water partition coefficient (Wildman–Crippen LogP) is 2.07. The van der Waals surface area contributed by atoms with E-state index in [0.29, 0.717) is 5.56 Å². The Bertz CT molecular complexity index is 992. The molecule has 2 rings (SSSR count). The highest BCUT2D eigenvalue weighted by atomic mass is 32.2. The summed E-state index contributed by atoms with van der Waals surface area (Å²) in [5, 5.41) is 2.31. The molecule has 2 amide bonds. The van der Waals surface area contributed by atoms with E-state index in [9.17, 15) is 26.8 Å². The summed E-state index contributed by atoms with van der Waals surface area (Å²) in [6.07, 6.45) is 0.927. The first kappa shape index (κ1) is 21.3. The number of nitrogens with one attached hydrogen (secondary N) is 1. The zero-order chi connectivity index (χ0) is 21.1. The van der Waals surface area contributed by atoms with Gasteiger partial charge in [-0.2, -0.15) is 0 Å². The molecule has 0 aliphatic rings. The minimum absolute atomic E-state index is 0.00993. The van der Waals surface area contributed by atoms with E-state index >= 15 is 0 Å². The van der Waals surface area contributed by atoms with E-state index in [-0.39, 0.29) is 17.3 Å². The van der Waals surface area contributed by atoms with Crippen LogP contribution in [-0.4, -0.2) is 52.0 Å².